The molecule has 5 nitrogen and oxygen atoms in total. The lowest BCUT2D eigenvalue weighted by Crippen LogP contribution is -2.31. The van der Waals surface area contributed by atoms with Crippen molar-refractivity contribution in [1.29, 1.82) is 0 Å². The zero-order valence-electron chi connectivity index (χ0n) is 13.1. The van der Waals surface area contributed by atoms with Crippen molar-refractivity contribution < 1.29 is 9.59 Å². The van der Waals surface area contributed by atoms with Gasteiger partial charge in [0, 0.05) is 23.2 Å². The molecule has 0 fully saturated rings. The molecular weight excluding hydrogens is 314 g/mol. The number of hydrogen-bond acceptors (Lipinski definition) is 4. The number of imide groups is 1. The van der Waals surface area contributed by atoms with Crippen LogP contribution in [0, 0.1) is 0 Å². The van der Waals surface area contributed by atoms with E-state index in [0.29, 0.717) is 0 Å². The summed E-state index contributed by atoms with van der Waals surface area (Å²) in [5.74, 6) is -1.10. The van der Waals surface area contributed by atoms with Crippen molar-refractivity contribution in [1.82, 2.24) is 15.3 Å². The standard InChI is InChI=1S/C20H13N3O2/c24-19(17-9-13-5-1-3-7-15(13)11-21-17)23-20(25)18-10-14-6-2-4-8-16(14)12-22-18/h1-12H,(H,23,24,25). The first kappa shape index (κ1) is 15.0. The predicted octanol–water partition coefficient (Wildman–Crippen LogP) is 3.35. The molecule has 0 radical (unpaired) electrons. The van der Waals surface area contributed by atoms with Crippen LogP contribution in [0.1, 0.15) is 21.0 Å². The van der Waals surface area contributed by atoms with Gasteiger partial charge in [-0.25, -0.2) is 0 Å². The van der Waals surface area contributed by atoms with E-state index in [1.807, 2.05) is 48.5 Å². The zero-order valence-corrected chi connectivity index (χ0v) is 13.1. The predicted molar refractivity (Wildman–Crippen MR) is 95.3 cm³/mol. The van der Waals surface area contributed by atoms with Gasteiger partial charge >= 0.3 is 0 Å². The minimum absolute atomic E-state index is 0.188. The van der Waals surface area contributed by atoms with Crippen LogP contribution in [0.4, 0.5) is 0 Å². The van der Waals surface area contributed by atoms with Gasteiger partial charge < -0.3 is 0 Å². The van der Waals surface area contributed by atoms with E-state index < -0.39 is 11.8 Å². The van der Waals surface area contributed by atoms with Gasteiger partial charge in [0.1, 0.15) is 11.4 Å². The van der Waals surface area contributed by atoms with Crippen molar-refractivity contribution in [3.05, 3.63) is 84.4 Å². The first-order chi connectivity index (χ1) is 12.2. The van der Waals surface area contributed by atoms with Crippen molar-refractivity contribution in [2.24, 2.45) is 0 Å². The summed E-state index contributed by atoms with van der Waals surface area (Å²) in [6, 6.07) is 18.5. The van der Waals surface area contributed by atoms with Gasteiger partial charge in [0.15, 0.2) is 0 Å². The summed E-state index contributed by atoms with van der Waals surface area (Å²) >= 11 is 0. The van der Waals surface area contributed by atoms with Gasteiger partial charge in [0.25, 0.3) is 11.8 Å². The summed E-state index contributed by atoms with van der Waals surface area (Å²) < 4.78 is 0. The summed E-state index contributed by atoms with van der Waals surface area (Å²) in [5.41, 5.74) is 0.376. The van der Waals surface area contributed by atoms with Gasteiger partial charge in [0.2, 0.25) is 0 Å². The van der Waals surface area contributed by atoms with Crippen LogP contribution in [0.2, 0.25) is 0 Å². The number of rotatable bonds is 2. The van der Waals surface area contributed by atoms with Crippen LogP contribution in [0.15, 0.2) is 73.1 Å². The highest BCUT2D eigenvalue weighted by molar-refractivity contribution is 6.10. The third-order valence-corrected chi connectivity index (χ3v) is 3.95. The van der Waals surface area contributed by atoms with Crippen molar-refractivity contribution in [2.75, 3.05) is 0 Å². The molecule has 0 aliphatic carbocycles. The highest BCUT2D eigenvalue weighted by atomic mass is 16.2. The van der Waals surface area contributed by atoms with E-state index in [0.717, 1.165) is 21.5 Å². The van der Waals surface area contributed by atoms with E-state index >= 15 is 0 Å². The quantitative estimate of drug-likeness (QED) is 0.573. The fourth-order valence-electron chi connectivity index (χ4n) is 2.65. The number of carbonyl (C=O) groups is 2. The Kier molecular flexibility index (Phi) is 3.67. The fraction of sp³-hybridized carbons (Fsp3) is 0. The Labute approximate surface area is 143 Å². The molecule has 0 unspecified atom stereocenters. The van der Waals surface area contributed by atoms with Crippen molar-refractivity contribution in [3.63, 3.8) is 0 Å². The highest BCUT2D eigenvalue weighted by Crippen LogP contribution is 2.15. The average Bonchev–Trinajstić information content (AvgIpc) is 2.67. The molecule has 2 amide bonds. The number of nitrogens with zero attached hydrogens (tertiary/aromatic N) is 2. The maximum atomic E-state index is 12.3. The van der Waals surface area contributed by atoms with Crippen molar-refractivity contribution in [3.8, 4) is 0 Å². The second-order valence-electron chi connectivity index (χ2n) is 5.62. The number of amides is 2. The van der Waals surface area contributed by atoms with E-state index in [4.69, 9.17) is 0 Å². The Morgan fingerprint density at radius 1 is 0.640 bits per heavy atom. The van der Waals surface area contributed by atoms with E-state index in [1.165, 1.54) is 0 Å². The van der Waals surface area contributed by atoms with Crippen LogP contribution in [-0.2, 0) is 0 Å². The summed E-state index contributed by atoms with van der Waals surface area (Å²) in [6.07, 6.45) is 3.23. The summed E-state index contributed by atoms with van der Waals surface area (Å²) in [6.45, 7) is 0. The number of fused-ring (bicyclic) bond motifs is 2. The highest BCUT2D eigenvalue weighted by Gasteiger charge is 2.15. The molecule has 2 heterocycles. The summed E-state index contributed by atoms with van der Waals surface area (Å²) in [5, 5.41) is 5.98. The number of carbonyl (C=O) groups excluding carboxylic acids is 2. The van der Waals surface area contributed by atoms with E-state index in [-0.39, 0.29) is 11.4 Å². The Balaban J connectivity index is 1.58. The SMILES string of the molecule is O=C(NC(=O)c1cc2ccccc2cn1)c1cc2ccccc2cn1. The number of pyridine rings is 2. The molecule has 120 valence electrons. The molecule has 2 aromatic heterocycles. The van der Waals surface area contributed by atoms with Crippen LogP contribution in [0.3, 0.4) is 0 Å². The molecule has 1 N–H and O–H groups in total. The summed E-state index contributed by atoms with van der Waals surface area (Å²) in [7, 11) is 0. The molecule has 0 spiro atoms. The van der Waals surface area contributed by atoms with Crippen LogP contribution in [0.25, 0.3) is 21.5 Å². The van der Waals surface area contributed by atoms with Gasteiger partial charge in [-0.2, -0.15) is 0 Å². The molecule has 4 rings (SSSR count). The topological polar surface area (TPSA) is 72.0 Å². The van der Waals surface area contributed by atoms with E-state index in [1.54, 1.807) is 24.5 Å². The third kappa shape index (κ3) is 2.95. The van der Waals surface area contributed by atoms with Gasteiger partial charge in [-0.15, -0.1) is 0 Å². The van der Waals surface area contributed by atoms with E-state index in [9.17, 15) is 9.59 Å². The molecule has 5 heteroatoms. The second kappa shape index (κ2) is 6.13. The third-order valence-electron chi connectivity index (χ3n) is 3.95. The Hall–Kier alpha value is -3.60. The largest absolute Gasteiger partial charge is 0.285 e. The maximum Gasteiger partial charge on any atom is 0.276 e. The first-order valence-electron chi connectivity index (χ1n) is 7.76. The van der Waals surface area contributed by atoms with Crippen LogP contribution < -0.4 is 5.32 Å². The Morgan fingerprint density at radius 3 is 1.48 bits per heavy atom. The molecule has 0 saturated carbocycles. The molecule has 2 aromatic carbocycles. The number of aromatic nitrogens is 2. The number of hydrogen-bond donors (Lipinski definition) is 1. The van der Waals surface area contributed by atoms with Gasteiger partial charge in [0.05, 0.1) is 0 Å². The van der Waals surface area contributed by atoms with Gasteiger partial charge in [-0.1, -0.05) is 48.5 Å². The first-order valence-corrected chi connectivity index (χ1v) is 7.76. The zero-order chi connectivity index (χ0) is 17.2. The van der Waals surface area contributed by atoms with Crippen LogP contribution in [0.5, 0.6) is 0 Å². The lowest BCUT2D eigenvalue weighted by molar-refractivity contribution is 0.0843. The lowest BCUT2D eigenvalue weighted by atomic mass is 10.1. The fourth-order valence-corrected chi connectivity index (χ4v) is 2.65. The van der Waals surface area contributed by atoms with Crippen molar-refractivity contribution >= 4 is 33.4 Å². The van der Waals surface area contributed by atoms with Crippen LogP contribution >= 0.6 is 0 Å². The molecule has 0 saturated heterocycles. The number of nitrogens with one attached hydrogen (secondary N) is 1. The lowest BCUT2D eigenvalue weighted by Gasteiger charge is -2.05. The smallest absolute Gasteiger partial charge is 0.276 e. The maximum absolute atomic E-state index is 12.3. The molecule has 0 aliphatic heterocycles. The van der Waals surface area contributed by atoms with Gasteiger partial charge in [-0.3, -0.25) is 24.9 Å². The summed E-state index contributed by atoms with van der Waals surface area (Å²) in [4.78, 5) is 32.9. The molecule has 25 heavy (non-hydrogen) atoms. The van der Waals surface area contributed by atoms with Crippen LogP contribution in [-0.4, -0.2) is 21.8 Å². The van der Waals surface area contributed by atoms with E-state index in [2.05, 4.69) is 15.3 Å². The van der Waals surface area contributed by atoms with Gasteiger partial charge in [-0.05, 0) is 22.9 Å². The monoisotopic (exact) mass is 327 g/mol. The molecular formula is C20H13N3O2. The minimum atomic E-state index is -0.550. The minimum Gasteiger partial charge on any atom is -0.285 e. The normalized spacial score (nSPS) is 10.7. The van der Waals surface area contributed by atoms with Crippen molar-refractivity contribution in [2.45, 2.75) is 0 Å². The number of benzene rings is 2. The average molecular weight is 327 g/mol. The molecule has 4 aromatic rings. The molecule has 0 bridgehead atoms. The Bertz CT molecular complexity index is 1030. The molecule has 0 aliphatic rings. The Morgan fingerprint density at radius 2 is 1.04 bits per heavy atom. The molecule has 0 atom stereocenters. The second-order valence-corrected chi connectivity index (χ2v) is 5.62.